The minimum atomic E-state index is -1.15. The van der Waals surface area contributed by atoms with Crippen LogP contribution >= 0.6 is 0 Å². The van der Waals surface area contributed by atoms with Gasteiger partial charge in [-0.15, -0.1) is 0 Å². The second-order valence-corrected chi connectivity index (χ2v) is 1.29. The van der Waals surface area contributed by atoms with Crippen molar-refractivity contribution < 1.29 is 9.90 Å². The first-order valence-corrected chi connectivity index (χ1v) is 2.12. The topological polar surface area (TPSA) is 101 Å². The molecule has 0 saturated carbocycles. The van der Waals surface area contributed by atoms with Gasteiger partial charge < -0.3 is 21.9 Å². The Morgan fingerprint density at radius 1 is 1.88 bits per heavy atom. The molecule has 0 aliphatic carbocycles. The standard InChI is InChI=1S/C3H9N3O2/c4-1-2(5)6-3(7)8/h2,6H,1,4-5H2,(H,7,8). The van der Waals surface area contributed by atoms with Crippen molar-refractivity contribution in [1.29, 1.82) is 0 Å². The van der Waals surface area contributed by atoms with E-state index in [-0.39, 0.29) is 6.54 Å². The SMILES string of the molecule is NCC(N)NC(=O)O. The van der Waals surface area contributed by atoms with Crippen molar-refractivity contribution in [1.82, 2.24) is 5.32 Å². The first-order chi connectivity index (χ1) is 3.66. The Labute approximate surface area is 46.7 Å². The molecule has 6 N–H and O–H groups in total. The minimum Gasteiger partial charge on any atom is -0.465 e. The van der Waals surface area contributed by atoms with E-state index in [9.17, 15) is 4.79 Å². The first kappa shape index (κ1) is 7.19. The Morgan fingerprint density at radius 2 is 2.38 bits per heavy atom. The average molecular weight is 119 g/mol. The van der Waals surface area contributed by atoms with Gasteiger partial charge in [-0.3, -0.25) is 0 Å². The number of amides is 1. The van der Waals surface area contributed by atoms with Gasteiger partial charge in [-0.25, -0.2) is 4.79 Å². The fraction of sp³-hybridized carbons (Fsp3) is 0.667. The van der Waals surface area contributed by atoms with E-state index in [2.05, 4.69) is 0 Å². The van der Waals surface area contributed by atoms with Crippen LogP contribution in [-0.4, -0.2) is 23.9 Å². The molecule has 0 aliphatic rings. The van der Waals surface area contributed by atoms with Gasteiger partial charge in [0.25, 0.3) is 0 Å². The summed E-state index contributed by atoms with van der Waals surface area (Å²) in [7, 11) is 0. The van der Waals surface area contributed by atoms with Crippen LogP contribution in [0.4, 0.5) is 4.79 Å². The number of nitrogens with two attached hydrogens (primary N) is 2. The van der Waals surface area contributed by atoms with E-state index in [0.29, 0.717) is 0 Å². The summed E-state index contributed by atoms with van der Waals surface area (Å²) in [5.41, 5.74) is 10.0. The van der Waals surface area contributed by atoms with Crippen molar-refractivity contribution in [2.75, 3.05) is 6.54 Å². The van der Waals surface area contributed by atoms with E-state index < -0.39 is 12.3 Å². The smallest absolute Gasteiger partial charge is 0.405 e. The summed E-state index contributed by atoms with van der Waals surface area (Å²) in [4.78, 5) is 9.72. The molecule has 1 amide bonds. The number of nitrogens with one attached hydrogen (secondary N) is 1. The Kier molecular flexibility index (Phi) is 2.90. The van der Waals surface area contributed by atoms with Crippen LogP contribution in [0.15, 0.2) is 0 Å². The lowest BCUT2D eigenvalue weighted by Crippen LogP contribution is -2.45. The summed E-state index contributed by atoms with van der Waals surface area (Å²) in [6, 6.07) is 0. The molecule has 1 atom stereocenters. The van der Waals surface area contributed by atoms with Crippen LogP contribution in [0.2, 0.25) is 0 Å². The largest absolute Gasteiger partial charge is 0.465 e. The molecule has 0 spiro atoms. The maximum Gasteiger partial charge on any atom is 0.405 e. The fourth-order valence-electron chi connectivity index (χ4n) is 0.218. The molecular weight excluding hydrogens is 110 g/mol. The zero-order valence-electron chi connectivity index (χ0n) is 4.29. The molecule has 0 radical (unpaired) electrons. The zero-order chi connectivity index (χ0) is 6.57. The highest BCUT2D eigenvalue weighted by Gasteiger charge is 1.99. The Hall–Kier alpha value is -0.810. The molecule has 0 aromatic carbocycles. The van der Waals surface area contributed by atoms with Crippen molar-refractivity contribution in [3.8, 4) is 0 Å². The highest BCUT2D eigenvalue weighted by atomic mass is 16.4. The molecule has 0 aliphatic heterocycles. The van der Waals surface area contributed by atoms with Gasteiger partial charge in [0, 0.05) is 6.54 Å². The minimum absolute atomic E-state index is 0.117. The van der Waals surface area contributed by atoms with Crippen molar-refractivity contribution in [3.63, 3.8) is 0 Å². The van der Waals surface area contributed by atoms with E-state index in [4.69, 9.17) is 16.6 Å². The van der Waals surface area contributed by atoms with Crippen molar-refractivity contribution in [2.24, 2.45) is 11.5 Å². The maximum atomic E-state index is 9.72. The molecule has 0 aromatic heterocycles. The molecule has 5 heteroatoms. The van der Waals surface area contributed by atoms with Gasteiger partial charge in [0.1, 0.15) is 0 Å². The van der Waals surface area contributed by atoms with Gasteiger partial charge in [0.15, 0.2) is 0 Å². The van der Waals surface area contributed by atoms with Crippen LogP contribution in [-0.2, 0) is 0 Å². The lowest BCUT2D eigenvalue weighted by Gasteiger charge is -2.05. The van der Waals surface area contributed by atoms with Gasteiger partial charge in [0.05, 0.1) is 6.17 Å². The summed E-state index contributed by atoms with van der Waals surface area (Å²) >= 11 is 0. The summed E-state index contributed by atoms with van der Waals surface area (Å²) in [5, 5.41) is 9.93. The molecule has 8 heavy (non-hydrogen) atoms. The molecule has 0 bridgehead atoms. The van der Waals surface area contributed by atoms with E-state index in [0.717, 1.165) is 0 Å². The number of hydrogen-bond acceptors (Lipinski definition) is 3. The molecule has 0 saturated heterocycles. The number of carboxylic acid groups (broad SMARTS) is 1. The molecule has 48 valence electrons. The van der Waals surface area contributed by atoms with Gasteiger partial charge in [-0.1, -0.05) is 0 Å². The van der Waals surface area contributed by atoms with Crippen LogP contribution in [0.25, 0.3) is 0 Å². The summed E-state index contributed by atoms with van der Waals surface area (Å²) in [6.07, 6.45) is -1.80. The Morgan fingerprint density at radius 3 is 2.50 bits per heavy atom. The maximum absolute atomic E-state index is 9.72. The highest BCUT2D eigenvalue weighted by molar-refractivity contribution is 5.64. The molecule has 1 unspecified atom stereocenters. The third-order valence-corrected chi connectivity index (χ3v) is 0.563. The number of rotatable bonds is 2. The van der Waals surface area contributed by atoms with Gasteiger partial charge in [-0.2, -0.15) is 0 Å². The van der Waals surface area contributed by atoms with Crippen LogP contribution in [0.3, 0.4) is 0 Å². The summed E-state index contributed by atoms with van der Waals surface area (Å²) in [6.45, 7) is 0.117. The van der Waals surface area contributed by atoms with E-state index in [1.54, 1.807) is 0 Å². The average Bonchev–Trinajstić information content (AvgIpc) is 1.65. The zero-order valence-corrected chi connectivity index (χ0v) is 4.29. The molecule has 0 fully saturated rings. The number of carbonyl (C=O) groups is 1. The van der Waals surface area contributed by atoms with E-state index in [1.165, 1.54) is 0 Å². The Balaban J connectivity index is 3.24. The van der Waals surface area contributed by atoms with Crippen molar-refractivity contribution in [2.45, 2.75) is 6.17 Å². The molecule has 0 rings (SSSR count). The highest BCUT2D eigenvalue weighted by Crippen LogP contribution is 1.64. The van der Waals surface area contributed by atoms with E-state index >= 15 is 0 Å². The second kappa shape index (κ2) is 3.23. The first-order valence-electron chi connectivity index (χ1n) is 2.12. The van der Waals surface area contributed by atoms with Gasteiger partial charge in [-0.05, 0) is 0 Å². The third-order valence-electron chi connectivity index (χ3n) is 0.563. The fourth-order valence-corrected chi connectivity index (χ4v) is 0.218. The molecular formula is C3H9N3O2. The van der Waals surface area contributed by atoms with Crippen LogP contribution in [0.1, 0.15) is 0 Å². The van der Waals surface area contributed by atoms with Crippen LogP contribution < -0.4 is 16.8 Å². The van der Waals surface area contributed by atoms with E-state index in [1.807, 2.05) is 5.32 Å². The lowest BCUT2D eigenvalue weighted by molar-refractivity contribution is 0.190. The molecule has 5 nitrogen and oxygen atoms in total. The second-order valence-electron chi connectivity index (χ2n) is 1.29. The van der Waals surface area contributed by atoms with Gasteiger partial charge >= 0.3 is 6.09 Å². The normalized spacial score (nSPS) is 12.8. The Bertz CT molecular complexity index is 84.6. The third kappa shape index (κ3) is 3.38. The van der Waals surface area contributed by atoms with Gasteiger partial charge in [0.2, 0.25) is 0 Å². The monoisotopic (exact) mass is 119 g/mol. The quantitative estimate of drug-likeness (QED) is 0.332. The predicted octanol–water partition coefficient (Wildman–Crippen LogP) is -1.50. The summed E-state index contributed by atoms with van der Waals surface area (Å²) < 4.78 is 0. The molecule has 0 aromatic rings. The summed E-state index contributed by atoms with van der Waals surface area (Å²) in [5.74, 6) is 0. The van der Waals surface area contributed by atoms with Crippen LogP contribution in [0, 0.1) is 0 Å². The van der Waals surface area contributed by atoms with Crippen LogP contribution in [0.5, 0.6) is 0 Å². The number of hydrogen-bond donors (Lipinski definition) is 4. The molecule has 0 heterocycles. The van der Waals surface area contributed by atoms with Crippen molar-refractivity contribution in [3.05, 3.63) is 0 Å². The predicted molar refractivity (Wildman–Crippen MR) is 28.2 cm³/mol. The lowest BCUT2D eigenvalue weighted by atomic mass is 10.5. The van der Waals surface area contributed by atoms with Crippen molar-refractivity contribution >= 4 is 6.09 Å².